The van der Waals surface area contributed by atoms with Crippen molar-refractivity contribution in [2.45, 2.75) is 25.3 Å². The minimum atomic E-state index is -3.05. The Bertz CT molecular complexity index is 244. The van der Waals surface area contributed by atoms with Crippen molar-refractivity contribution in [3.63, 3.8) is 0 Å². The second-order valence-corrected chi connectivity index (χ2v) is 5.43. The van der Waals surface area contributed by atoms with Crippen LogP contribution in [0.25, 0.3) is 0 Å². The number of sulfonamides is 1. The molecule has 0 heterocycles. The van der Waals surface area contributed by atoms with Crippen LogP contribution < -0.4 is 10.0 Å². The van der Waals surface area contributed by atoms with Gasteiger partial charge in [0.1, 0.15) is 0 Å². The van der Waals surface area contributed by atoms with Gasteiger partial charge in [0, 0.05) is 12.1 Å². The minimum absolute atomic E-state index is 0.132. The largest absolute Gasteiger partial charge is 0.319 e. The van der Waals surface area contributed by atoms with Gasteiger partial charge in [0.05, 0.1) is 5.75 Å². The number of hydrogen-bond donors (Lipinski definition) is 2. The third kappa shape index (κ3) is 3.08. The molecule has 1 aliphatic carbocycles. The molecule has 0 aliphatic heterocycles. The first-order chi connectivity index (χ1) is 5.47. The molecule has 0 radical (unpaired) electrons. The zero-order valence-electron chi connectivity index (χ0n) is 7.55. The second kappa shape index (κ2) is 3.32. The molecule has 1 rings (SSSR count). The van der Waals surface area contributed by atoms with Crippen molar-refractivity contribution in [2.75, 3.05) is 19.3 Å². The maximum atomic E-state index is 11.3. The van der Waals surface area contributed by atoms with E-state index in [0.717, 1.165) is 12.8 Å². The Labute approximate surface area is 73.8 Å². The molecule has 0 bridgehead atoms. The van der Waals surface area contributed by atoms with Gasteiger partial charge < -0.3 is 5.32 Å². The third-order valence-corrected chi connectivity index (χ3v) is 3.57. The number of hydrogen-bond acceptors (Lipinski definition) is 3. The lowest BCUT2D eigenvalue weighted by molar-refractivity contribution is 0.556. The first-order valence-corrected chi connectivity index (χ1v) is 5.79. The summed E-state index contributed by atoms with van der Waals surface area (Å²) in [5, 5.41) is 2.81. The predicted molar refractivity (Wildman–Crippen MR) is 48.5 cm³/mol. The maximum absolute atomic E-state index is 11.3. The molecular weight excluding hydrogens is 176 g/mol. The molecule has 1 saturated carbocycles. The topological polar surface area (TPSA) is 58.2 Å². The maximum Gasteiger partial charge on any atom is 0.213 e. The highest BCUT2D eigenvalue weighted by molar-refractivity contribution is 7.89. The van der Waals surface area contributed by atoms with Crippen molar-refractivity contribution in [2.24, 2.45) is 0 Å². The van der Waals surface area contributed by atoms with Crippen LogP contribution in [0.5, 0.6) is 0 Å². The van der Waals surface area contributed by atoms with Crippen molar-refractivity contribution < 1.29 is 8.42 Å². The molecule has 0 amide bonds. The molecule has 72 valence electrons. The highest BCUT2D eigenvalue weighted by atomic mass is 32.2. The normalized spacial score (nSPS) is 20.8. The SMILES string of the molecule is CNCCS(=O)(=O)NC1(C)CC1. The van der Waals surface area contributed by atoms with E-state index in [1.54, 1.807) is 7.05 Å². The summed E-state index contributed by atoms with van der Waals surface area (Å²) in [7, 11) is -1.31. The summed E-state index contributed by atoms with van der Waals surface area (Å²) in [5.41, 5.74) is -0.132. The highest BCUT2D eigenvalue weighted by Crippen LogP contribution is 2.34. The quantitative estimate of drug-likeness (QED) is 0.627. The Morgan fingerprint density at radius 1 is 1.42 bits per heavy atom. The van der Waals surface area contributed by atoms with E-state index in [4.69, 9.17) is 0 Å². The van der Waals surface area contributed by atoms with E-state index >= 15 is 0 Å². The summed E-state index contributed by atoms with van der Waals surface area (Å²) < 4.78 is 25.3. The molecule has 1 fully saturated rings. The zero-order valence-corrected chi connectivity index (χ0v) is 8.37. The van der Waals surface area contributed by atoms with E-state index in [1.807, 2.05) is 6.92 Å². The number of rotatable bonds is 5. The predicted octanol–water partition coefficient (Wildman–Crippen LogP) is -0.322. The molecule has 0 unspecified atom stereocenters. The summed E-state index contributed by atoms with van der Waals surface area (Å²) in [4.78, 5) is 0. The van der Waals surface area contributed by atoms with Crippen LogP contribution in [-0.4, -0.2) is 33.3 Å². The van der Waals surface area contributed by atoms with Crippen molar-refractivity contribution >= 4 is 10.0 Å². The summed E-state index contributed by atoms with van der Waals surface area (Å²) >= 11 is 0. The smallest absolute Gasteiger partial charge is 0.213 e. The van der Waals surface area contributed by atoms with Gasteiger partial charge in [-0.15, -0.1) is 0 Å². The summed E-state index contributed by atoms with van der Waals surface area (Å²) in [5.74, 6) is 0.166. The molecule has 5 heteroatoms. The van der Waals surface area contributed by atoms with E-state index in [-0.39, 0.29) is 11.3 Å². The molecule has 0 aromatic rings. The van der Waals surface area contributed by atoms with Gasteiger partial charge in [-0.05, 0) is 26.8 Å². The molecule has 0 aromatic carbocycles. The molecule has 1 aliphatic rings. The fraction of sp³-hybridized carbons (Fsp3) is 1.00. The summed E-state index contributed by atoms with van der Waals surface area (Å²) in [6, 6.07) is 0. The van der Waals surface area contributed by atoms with E-state index in [2.05, 4.69) is 10.0 Å². The minimum Gasteiger partial charge on any atom is -0.319 e. The van der Waals surface area contributed by atoms with Crippen molar-refractivity contribution in [3.8, 4) is 0 Å². The van der Waals surface area contributed by atoms with Crippen LogP contribution in [0.15, 0.2) is 0 Å². The van der Waals surface area contributed by atoms with Crippen molar-refractivity contribution in [3.05, 3.63) is 0 Å². The summed E-state index contributed by atoms with van der Waals surface area (Å²) in [6.07, 6.45) is 1.93. The Balaban J connectivity index is 2.38. The molecule has 0 spiro atoms. The summed E-state index contributed by atoms with van der Waals surface area (Å²) in [6.45, 7) is 2.44. The fourth-order valence-corrected chi connectivity index (χ4v) is 2.48. The van der Waals surface area contributed by atoms with Crippen LogP contribution in [0.2, 0.25) is 0 Å². The average molecular weight is 192 g/mol. The third-order valence-electron chi connectivity index (χ3n) is 2.02. The monoisotopic (exact) mass is 192 g/mol. The van der Waals surface area contributed by atoms with Gasteiger partial charge in [-0.25, -0.2) is 13.1 Å². The average Bonchev–Trinajstić information content (AvgIpc) is 2.62. The van der Waals surface area contributed by atoms with Gasteiger partial charge in [0.25, 0.3) is 0 Å². The second-order valence-electron chi connectivity index (χ2n) is 3.59. The molecule has 2 N–H and O–H groups in total. The van der Waals surface area contributed by atoms with Crippen LogP contribution >= 0.6 is 0 Å². The van der Waals surface area contributed by atoms with E-state index in [1.165, 1.54) is 0 Å². The Morgan fingerprint density at radius 3 is 2.42 bits per heavy atom. The molecule has 4 nitrogen and oxygen atoms in total. The van der Waals surface area contributed by atoms with Gasteiger partial charge in [0.2, 0.25) is 10.0 Å². The highest BCUT2D eigenvalue weighted by Gasteiger charge is 2.40. The van der Waals surface area contributed by atoms with Gasteiger partial charge in [-0.3, -0.25) is 0 Å². The Morgan fingerprint density at radius 2 is 2.00 bits per heavy atom. The molecule has 12 heavy (non-hydrogen) atoms. The van der Waals surface area contributed by atoms with E-state index in [9.17, 15) is 8.42 Å². The van der Waals surface area contributed by atoms with Crippen molar-refractivity contribution in [1.82, 2.24) is 10.0 Å². The van der Waals surface area contributed by atoms with Crippen LogP contribution in [0.3, 0.4) is 0 Å². The lowest BCUT2D eigenvalue weighted by atomic mass is 10.4. The molecule has 0 atom stereocenters. The standard InChI is InChI=1S/C7H16N2O2S/c1-7(3-4-7)9-12(10,11)6-5-8-2/h8-9H,3-6H2,1-2H3. The fourth-order valence-electron chi connectivity index (χ4n) is 0.952. The first-order valence-electron chi connectivity index (χ1n) is 4.14. The Hall–Kier alpha value is -0.130. The van der Waals surface area contributed by atoms with Crippen LogP contribution in [0.4, 0.5) is 0 Å². The first kappa shape index (κ1) is 9.95. The zero-order chi connectivity index (χ0) is 9.24. The van der Waals surface area contributed by atoms with Crippen molar-refractivity contribution in [1.29, 1.82) is 0 Å². The van der Waals surface area contributed by atoms with Gasteiger partial charge in [0.15, 0.2) is 0 Å². The van der Waals surface area contributed by atoms with Crippen LogP contribution in [0, 0.1) is 0 Å². The lowest BCUT2D eigenvalue weighted by Crippen LogP contribution is -2.38. The van der Waals surface area contributed by atoms with Gasteiger partial charge >= 0.3 is 0 Å². The molecule has 0 aromatic heterocycles. The van der Waals surface area contributed by atoms with Crippen LogP contribution in [0.1, 0.15) is 19.8 Å². The Kier molecular flexibility index (Phi) is 2.75. The van der Waals surface area contributed by atoms with Gasteiger partial charge in [-0.2, -0.15) is 0 Å². The van der Waals surface area contributed by atoms with E-state index < -0.39 is 10.0 Å². The lowest BCUT2D eigenvalue weighted by Gasteiger charge is -2.11. The molecule has 0 saturated heterocycles. The van der Waals surface area contributed by atoms with E-state index in [0.29, 0.717) is 6.54 Å². The molecular formula is C7H16N2O2S. The van der Waals surface area contributed by atoms with Crippen LogP contribution in [-0.2, 0) is 10.0 Å². The van der Waals surface area contributed by atoms with Gasteiger partial charge in [-0.1, -0.05) is 0 Å². The number of nitrogens with one attached hydrogen (secondary N) is 2.